The zero-order valence-electron chi connectivity index (χ0n) is 11.8. The van der Waals surface area contributed by atoms with Crippen LogP contribution in [0, 0.1) is 0 Å². The molecule has 0 saturated carbocycles. The number of carbonyl (C=O) groups is 1. The van der Waals surface area contributed by atoms with Gasteiger partial charge in [0.15, 0.2) is 11.5 Å². The van der Waals surface area contributed by atoms with Gasteiger partial charge in [-0.1, -0.05) is 6.42 Å². The molecule has 0 fully saturated rings. The molecule has 0 unspecified atom stereocenters. The van der Waals surface area contributed by atoms with Crippen molar-refractivity contribution in [2.24, 2.45) is 0 Å². The largest absolute Gasteiger partial charge is 0.490 e. The highest BCUT2D eigenvalue weighted by Gasteiger charge is 2.10. The van der Waals surface area contributed by atoms with E-state index in [2.05, 4.69) is 0 Å². The van der Waals surface area contributed by atoms with Crippen LogP contribution >= 0.6 is 0 Å². The number of unbranched alkanes of at least 4 members (excludes halogenated alkanes) is 3. The average molecular weight is 282 g/mol. The molecule has 0 saturated heterocycles. The Balaban J connectivity index is 2.53. The molecule has 0 aliphatic carbocycles. The number of aromatic carboxylic acids is 1. The monoisotopic (exact) mass is 282 g/mol. The summed E-state index contributed by atoms with van der Waals surface area (Å²) in [6.07, 6.45) is 3.69. The van der Waals surface area contributed by atoms with Gasteiger partial charge in [-0.15, -0.1) is 0 Å². The molecule has 5 heteroatoms. The topological polar surface area (TPSA) is 76.0 Å². The molecular weight excluding hydrogens is 260 g/mol. The number of carboxylic acid groups (broad SMARTS) is 1. The fourth-order valence-corrected chi connectivity index (χ4v) is 1.78. The molecule has 20 heavy (non-hydrogen) atoms. The van der Waals surface area contributed by atoms with Crippen molar-refractivity contribution in [1.82, 2.24) is 0 Å². The molecule has 0 amide bonds. The van der Waals surface area contributed by atoms with Gasteiger partial charge >= 0.3 is 5.97 Å². The van der Waals surface area contributed by atoms with Crippen LogP contribution in [0.2, 0.25) is 0 Å². The Morgan fingerprint density at radius 1 is 1.10 bits per heavy atom. The lowest BCUT2D eigenvalue weighted by atomic mass is 10.2. The van der Waals surface area contributed by atoms with E-state index in [1.165, 1.54) is 12.1 Å². The number of carboxylic acids is 1. The number of rotatable bonds is 10. The Hall–Kier alpha value is -1.75. The van der Waals surface area contributed by atoms with Crippen LogP contribution in [0.4, 0.5) is 0 Å². The van der Waals surface area contributed by atoms with Crippen LogP contribution in [0.3, 0.4) is 0 Å². The van der Waals surface area contributed by atoms with Crippen molar-refractivity contribution < 1.29 is 24.5 Å². The Labute approximate surface area is 119 Å². The SMILES string of the molecule is CCOc1cc(C(=O)O)ccc1OCCCCCCO. The first kappa shape index (κ1) is 16.3. The molecule has 2 N–H and O–H groups in total. The van der Waals surface area contributed by atoms with E-state index in [0.29, 0.717) is 24.7 Å². The van der Waals surface area contributed by atoms with Crippen LogP contribution in [0.25, 0.3) is 0 Å². The van der Waals surface area contributed by atoms with Crippen molar-refractivity contribution in [3.8, 4) is 11.5 Å². The number of hydrogen-bond acceptors (Lipinski definition) is 4. The fraction of sp³-hybridized carbons (Fsp3) is 0.533. The highest BCUT2D eigenvalue weighted by Crippen LogP contribution is 2.28. The molecule has 0 aliphatic rings. The third-order valence-corrected chi connectivity index (χ3v) is 2.80. The molecule has 0 aromatic heterocycles. The van der Waals surface area contributed by atoms with Gasteiger partial charge in [-0.25, -0.2) is 4.79 Å². The van der Waals surface area contributed by atoms with E-state index in [9.17, 15) is 4.79 Å². The second kappa shape index (κ2) is 9.20. The zero-order valence-corrected chi connectivity index (χ0v) is 11.8. The Bertz CT molecular complexity index is 417. The van der Waals surface area contributed by atoms with E-state index >= 15 is 0 Å². The quantitative estimate of drug-likeness (QED) is 0.645. The third kappa shape index (κ3) is 5.48. The summed E-state index contributed by atoms with van der Waals surface area (Å²) in [6, 6.07) is 4.61. The number of benzene rings is 1. The smallest absolute Gasteiger partial charge is 0.335 e. The van der Waals surface area contributed by atoms with Gasteiger partial charge in [-0.2, -0.15) is 0 Å². The standard InChI is InChI=1S/C15H22O5/c1-2-19-14-11-12(15(17)18)7-8-13(14)20-10-6-4-3-5-9-16/h7-8,11,16H,2-6,9-10H2,1H3,(H,17,18). The van der Waals surface area contributed by atoms with Crippen molar-refractivity contribution in [3.05, 3.63) is 23.8 Å². The predicted octanol–water partition coefficient (Wildman–Crippen LogP) is 2.72. The van der Waals surface area contributed by atoms with Crippen molar-refractivity contribution in [3.63, 3.8) is 0 Å². The first-order valence-corrected chi connectivity index (χ1v) is 6.92. The van der Waals surface area contributed by atoms with Gasteiger partial charge in [0.2, 0.25) is 0 Å². The van der Waals surface area contributed by atoms with Gasteiger partial charge < -0.3 is 19.7 Å². The average Bonchev–Trinajstić information content (AvgIpc) is 2.44. The van der Waals surface area contributed by atoms with Gasteiger partial charge in [-0.3, -0.25) is 0 Å². The molecule has 1 aromatic rings. The molecule has 0 atom stereocenters. The highest BCUT2D eigenvalue weighted by molar-refractivity contribution is 5.88. The van der Waals surface area contributed by atoms with E-state index in [-0.39, 0.29) is 12.2 Å². The Morgan fingerprint density at radius 2 is 1.85 bits per heavy atom. The normalized spacial score (nSPS) is 10.3. The summed E-state index contributed by atoms with van der Waals surface area (Å²) < 4.78 is 11.0. The summed E-state index contributed by atoms with van der Waals surface area (Å²) in [4.78, 5) is 10.9. The molecule has 0 bridgehead atoms. The molecule has 0 heterocycles. The van der Waals surface area contributed by atoms with Crippen molar-refractivity contribution in [2.45, 2.75) is 32.6 Å². The van der Waals surface area contributed by atoms with Crippen LogP contribution in [-0.2, 0) is 0 Å². The summed E-state index contributed by atoms with van der Waals surface area (Å²) in [7, 11) is 0. The molecule has 1 rings (SSSR count). The molecular formula is C15H22O5. The second-order valence-electron chi connectivity index (χ2n) is 4.39. The molecule has 0 aliphatic heterocycles. The summed E-state index contributed by atoms with van der Waals surface area (Å²) in [6.45, 7) is 3.08. The third-order valence-electron chi connectivity index (χ3n) is 2.80. The van der Waals surface area contributed by atoms with Gasteiger partial charge in [0, 0.05) is 6.61 Å². The first-order valence-electron chi connectivity index (χ1n) is 6.92. The van der Waals surface area contributed by atoms with Gasteiger partial charge in [0.25, 0.3) is 0 Å². The zero-order chi connectivity index (χ0) is 14.8. The summed E-state index contributed by atoms with van der Waals surface area (Å²) in [5, 5.41) is 17.6. The maximum Gasteiger partial charge on any atom is 0.335 e. The molecule has 0 spiro atoms. The number of hydrogen-bond donors (Lipinski definition) is 2. The van der Waals surface area contributed by atoms with Crippen molar-refractivity contribution in [1.29, 1.82) is 0 Å². The van der Waals surface area contributed by atoms with Crippen LogP contribution in [0.1, 0.15) is 43.0 Å². The van der Waals surface area contributed by atoms with Crippen molar-refractivity contribution >= 4 is 5.97 Å². The second-order valence-corrected chi connectivity index (χ2v) is 4.39. The Morgan fingerprint density at radius 3 is 2.50 bits per heavy atom. The van der Waals surface area contributed by atoms with Crippen LogP contribution in [-0.4, -0.2) is 36.0 Å². The lowest BCUT2D eigenvalue weighted by molar-refractivity contribution is 0.0696. The minimum Gasteiger partial charge on any atom is -0.490 e. The fourth-order valence-electron chi connectivity index (χ4n) is 1.78. The van der Waals surface area contributed by atoms with Crippen LogP contribution in [0.5, 0.6) is 11.5 Å². The molecule has 5 nitrogen and oxygen atoms in total. The molecule has 112 valence electrons. The Kier molecular flexibility index (Phi) is 7.50. The molecule has 1 aromatic carbocycles. The minimum absolute atomic E-state index is 0.184. The van der Waals surface area contributed by atoms with E-state index < -0.39 is 5.97 Å². The lowest BCUT2D eigenvalue weighted by Crippen LogP contribution is -2.03. The maximum atomic E-state index is 10.9. The van der Waals surface area contributed by atoms with E-state index in [1.807, 2.05) is 6.92 Å². The summed E-state index contributed by atoms with van der Waals surface area (Å²) >= 11 is 0. The maximum absolute atomic E-state index is 10.9. The van der Waals surface area contributed by atoms with Crippen molar-refractivity contribution in [2.75, 3.05) is 19.8 Å². The highest BCUT2D eigenvalue weighted by atomic mass is 16.5. The van der Waals surface area contributed by atoms with Gasteiger partial charge in [0.05, 0.1) is 18.8 Å². The number of aliphatic hydroxyl groups excluding tert-OH is 1. The number of ether oxygens (including phenoxy) is 2. The van der Waals surface area contributed by atoms with E-state index in [0.717, 1.165) is 25.7 Å². The van der Waals surface area contributed by atoms with E-state index in [4.69, 9.17) is 19.7 Å². The van der Waals surface area contributed by atoms with Gasteiger partial charge in [-0.05, 0) is 44.4 Å². The number of aliphatic hydroxyl groups is 1. The summed E-state index contributed by atoms with van der Waals surface area (Å²) in [5.41, 5.74) is 0.184. The van der Waals surface area contributed by atoms with E-state index in [1.54, 1.807) is 6.07 Å². The molecule has 0 radical (unpaired) electrons. The first-order chi connectivity index (χ1) is 9.69. The lowest BCUT2D eigenvalue weighted by Gasteiger charge is -2.12. The summed E-state index contributed by atoms with van der Waals surface area (Å²) in [5.74, 6) is 0.0447. The predicted molar refractivity (Wildman–Crippen MR) is 75.6 cm³/mol. The van der Waals surface area contributed by atoms with Gasteiger partial charge in [0.1, 0.15) is 0 Å². The van der Waals surface area contributed by atoms with Crippen LogP contribution < -0.4 is 9.47 Å². The minimum atomic E-state index is -0.985. The van der Waals surface area contributed by atoms with Crippen LogP contribution in [0.15, 0.2) is 18.2 Å².